The fourth-order valence-corrected chi connectivity index (χ4v) is 3.33. The highest BCUT2D eigenvalue weighted by Crippen LogP contribution is 2.50. The lowest BCUT2D eigenvalue weighted by Gasteiger charge is -2.10. The molecule has 0 aliphatic heterocycles. The summed E-state index contributed by atoms with van der Waals surface area (Å²) in [4.78, 5) is 41.9. The van der Waals surface area contributed by atoms with Crippen molar-refractivity contribution in [2.75, 3.05) is 0 Å². The van der Waals surface area contributed by atoms with Crippen molar-refractivity contribution in [1.29, 1.82) is 0 Å². The van der Waals surface area contributed by atoms with Crippen LogP contribution >= 0.6 is 0 Å². The molecule has 0 fully saturated rings. The van der Waals surface area contributed by atoms with E-state index in [1.54, 1.807) is 0 Å². The first kappa shape index (κ1) is 16.8. The summed E-state index contributed by atoms with van der Waals surface area (Å²) in [7, 11) is 0. The van der Waals surface area contributed by atoms with E-state index in [0.717, 1.165) is 6.07 Å². The largest absolute Gasteiger partial charge is 0.405 e. The summed E-state index contributed by atoms with van der Waals surface area (Å²) in [5.74, 6) is -1.05. The molecule has 0 spiro atoms. The van der Waals surface area contributed by atoms with Gasteiger partial charge < -0.3 is 10.1 Å². The minimum Gasteiger partial charge on any atom is -0.358 e. The zero-order chi connectivity index (χ0) is 20.3. The predicted octanol–water partition coefficient (Wildman–Crippen LogP) is 3.01. The van der Waals surface area contributed by atoms with Gasteiger partial charge in [0.2, 0.25) is 0 Å². The molecule has 0 N–H and O–H groups in total. The van der Waals surface area contributed by atoms with Crippen LogP contribution in [0.3, 0.4) is 0 Å². The lowest BCUT2D eigenvalue weighted by atomic mass is 9.93. The molecular formula is C14H4N6O8. The Balaban J connectivity index is 2.53. The van der Waals surface area contributed by atoms with E-state index in [9.17, 15) is 40.5 Å². The van der Waals surface area contributed by atoms with Crippen molar-refractivity contribution in [2.24, 2.45) is 0 Å². The highest BCUT2D eigenvalue weighted by atomic mass is 16.6. The van der Waals surface area contributed by atoms with E-state index in [4.69, 9.17) is 0 Å². The number of nitro groups is 4. The van der Waals surface area contributed by atoms with E-state index >= 15 is 0 Å². The predicted molar refractivity (Wildman–Crippen MR) is 92.4 cm³/mol. The zero-order valence-electron chi connectivity index (χ0n) is 13.3. The average molecular weight is 384 g/mol. The third kappa shape index (κ3) is 2.02. The molecule has 0 amide bonds. The summed E-state index contributed by atoms with van der Waals surface area (Å²) in [5.41, 5.74) is -3.22. The van der Waals surface area contributed by atoms with E-state index < -0.39 is 53.3 Å². The summed E-state index contributed by atoms with van der Waals surface area (Å²) in [6.45, 7) is 0. The number of non-ortho nitro benzene ring substituents is 1. The Kier molecular flexibility index (Phi) is 3.27. The topological polar surface area (TPSA) is 198 Å². The van der Waals surface area contributed by atoms with E-state index in [0.29, 0.717) is 0 Å². The molecule has 138 valence electrons. The van der Waals surface area contributed by atoms with Crippen LogP contribution in [0.4, 0.5) is 22.9 Å². The molecule has 4 rings (SSSR count). The van der Waals surface area contributed by atoms with Crippen molar-refractivity contribution in [1.82, 2.24) is 10.2 Å². The van der Waals surface area contributed by atoms with Crippen LogP contribution in [-0.2, 0) is 0 Å². The normalized spacial score (nSPS) is 11.3. The third-order valence-electron chi connectivity index (χ3n) is 4.30. The van der Waals surface area contributed by atoms with Gasteiger partial charge in [0.1, 0.15) is 10.9 Å². The molecule has 0 atom stereocenters. The molecule has 0 radical (unpaired) electrons. The first-order valence-corrected chi connectivity index (χ1v) is 7.32. The van der Waals surface area contributed by atoms with Gasteiger partial charge in [-0.2, -0.15) is 0 Å². The van der Waals surface area contributed by atoms with Gasteiger partial charge in [0.05, 0.1) is 19.9 Å². The van der Waals surface area contributed by atoms with Crippen molar-refractivity contribution in [3.05, 3.63) is 64.7 Å². The number of hydrogen-bond acceptors (Lipinski definition) is 10. The monoisotopic (exact) mass is 384 g/mol. The number of nitrogens with zero attached hydrogens (tertiary/aromatic N) is 6. The maximum absolute atomic E-state index is 11.7. The number of benzene rings is 3. The Labute approximate surface area is 150 Å². The van der Waals surface area contributed by atoms with Crippen LogP contribution in [0.5, 0.6) is 0 Å². The van der Waals surface area contributed by atoms with Crippen LogP contribution in [-0.4, -0.2) is 29.9 Å². The first-order valence-electron chi connectivity index (χ1n) is 7.32. The Morgan fingerprint density at radius 2 is 1.21 bits per heavy atom. The fraction of sp³-hybridized carbons (Fsp3) is 0. The molecule has 0 bridgehead atoms. The molecule has 0 saturated heterocycles. The minimum atomic E-state index is -1.24. The van der Waals surface area contributed by atoms with Crippen molar-refractivity contribution >= 4 is 55.3 Å². The molecular weight excluding hydrogens is 380 g/mol. The van der Waals surface area contributed by atoms with Gasteiger partial charge in [-0.15, -0.1) is 0 Å². The van der Waals surface area contributed by atoms with Crippen LogP contribution in [0.2, 0.25) is 0 Å². The van der Waals surface area contributed by atoms with Gasteiger partial charge in [-0.1, -0.05) is 6.07 Å². The SMILES string of the molecule is O=[N+]([O-])c1ccc2ccc3nnc([N+](=O)[O-])c4c([N+](=O)[O-])c([N+](=O)[O-])c1c2c34. The van der Waals surface area contributed by atoms with E-state index in [2.05, 4.69) is 10.2 Å². The summed E-state index contributed by atoms with van der Waals surface area (Å²) >= 11 is 0. The smallest absolute Gasteiger partial charge is 0.358 e. The molecule has 0 aliphatic rings. The standard InChI is InChI=1S/C14H4N6O8/c21-17(22)7-4-2-5-1-3-6-9-8(5)10(7)12(18(23)24)13(19(25)26)11(9)14(16-15-6)20(27)28/h1-4H. The second-order valence-electron chi connectivity index (χ2n) is 5.64. The van der Waals surface area contributed by atoms with E-state index in [1.165, 1.54) is 18.2 Å². The lowest BCUT2D eigenvalue weighted by Crippen LogP contribution is -2.05. The van der Waals surface area contributed by atoms with Crippen molar-refractivity contribution < 1.29 is 19.7 Å². The summed E-state index contributed by atoms with van der Waals surface area (Å²) in [6.07, 6.45) is 0. The number of nitro benzene ring substituents is 3. The van der Waals surface area contributed by atoms with Crippen molar-refractivity contribution in [2.45, 2.75) is 0 Å². The second kappa shape index (κ2) is 5.44. The second-order valence-corrected chi connectivity index (χ2v) is 5.64. The molecule has 1 heterocycles. The van der Waals surface area contributed by atoms with Crippen molar-refractivity contribution in [3.63, 3.8) is 0 Å². The maximum Gasteiger partial charge on any atom is 0.405 e. The van der Waals surface area contributed by atoms with Crippen LogP contribution in [0, 0.1) is 40.5 Å². The van der Waals surface area contributed by atoms with Crippen molar-refractivity contribution in [3.8, 4) is 0 Å². The molecule has 4 aromatic rings. The maximum atomic E-state index is 11.7. The van der Waals surface area contributed by atoms with Gasteiger partial charge in [-0.05, 0) is 27.5 Å². The molecule has 0 saturated carbocycles. The Morgan fingerprint density at radius 3 is 1.79 bits per heavy atom. The van der Waals surface area contributed by atoms with Gasteiger partial charge in [0.15, 0.2) is 5.39 Å². The van der Waals surface area contributed by atoms with Crippen LogP contribution in [0.1, 0.15) is 0 Å². The zero-order valence-corrected chi connectivity index (χ0v) is 13.3. The fourth-order valence-electron chi connectivity index (χ4n) is 3.33. The quantitative estimate of drug-likeness (QED) is 0.286. The molecule has 0 unspecified atom stereocenters. The van der Waals surface area contributed by atoms with E-state index in [1.807, 2.05) is 0 Å². The number of rotatable bonds is 4. The Morgan fingerprint density at radius 1 is 0.607 bits per heavy atom. The van der Waals surface area contributed by atoms with Crippen LogP contribution < -0.4 is 0 Å². The van der Waals surface area contributed by atoms with Gasteiger partial charge in [-0.25, -0.2) is 0 Å². The van der Waals surface area contributed by atoms with Gasteiger partial charge >= 0.3 is 17.2 Å². The summed E-state index contributed by atoms with van der Waals surface area (Å²) in [5, 5.41) is 51.9. The summed E-state index contributed by atoms with van der Waals surface area (Å²) in [6, 6.07) is 5.08. The summed E-state index contributed by atoms with van der Waals surface area (Å²) < 4.78 is 0. The Hall–Kier alpha value is -4.62. The van der Waals surface area contributed by atoms with Gasteiger partial charge in [0, 0.05) is 16.8 Å². The molecule has 28 heavy (non-hydrogen) atoms. The van der Waals surface area contributed by atoms with Gasteiger partial charge in [-0.3, -0.25) is 30.3 Å². The van der Waals surface area contributed by atoms with Crippen LogP contribution in [0.15, 0.2) is 24.3 Å². The molecule has 1 aromatic heterocycles. The first-order chi connectivity index (χ1) is 13.2. The highest BCUT2D eigenvalue weighted by molar-refractivity contribution is 6.30. The molecule has 0 aliphatic carbocycles. The van der Waals surface area contributed by atoms with E-state index in [-0.39, 0.29) is 21.7 Å². The number of aromatic nitrogens is 2. The highest BCUT2D eigenvalue weighted by Gasteiger charge is 2.41. The lowest BCUT2D eigenvalue weighted by molar-refractivity contribution is -0.421. The minimum absolute atomic E-state index is 0.0309. The molecule has 14 heteroatoms. The third-order valence-corrected chi connectivity index (χ3v) is 4.30. The molecule has 3 aromatic carbocycles. The van der Waals surface area contributed by atoms with Crippen LogP contribution in [0.25, 0.3) is 32.4 Å². The average Bonchev–Trinajstić information content (AvgIpc) is 2.63. The Bertz CT molecular complexity index is 1280. The van der Waals surface area contributed by atoms with Gasteiger partial charge in [0.25, 0.3) is 5.69 Å². The number of hydrogen-bond donors (Lipinski definition) is 0. The molecule has 14 nitrogen and oxygen atoms in total.